The molecule has 166 valence electrons. The summed E-state index contributed by atoms with van der Waals surface area (Å²) >= 11 is 0. The van der Waals surface area contributed by atoms with Gasteiger partial charge in [-0.1, -0.05) is 12.1 Å². The van der Waals surface area contributed by atoms with Gasteiger partial charge in [-0.2, -0.15) is 5.26 Å². The predicted molar refractivity (Wildman–Crippen MR) is 135 cm³/mol. The highest BCUT2D eigenvalue weighted by Crippen LogP contribution is 2.30. The summed E-state index contributed by atoms with van der Waals surface area (Å²) in [6.45, 7) is 5.23. The largest absolute Gasteiger partial charge is 0.497 e. The van der Waals surface area contributed by atoms with Gasteiger partial charge in [-0.25, -0.2) is 4.99 Å². The van der Waals surface area contributed by atoms with E-state index >= 15 is 0 Å². The number of ether oxygens (including phenoxy) is 2. The van der Waals surface area contributed by atoms with Gasteiger partial charge in [0, 0.05) is 49.6 Å². The van der Waals surface area contributed by atoms with Crippen molar-refractivity contribution in [3.05, 3.63) is 53.6 Å². The highest BCUT2D eigenvalue weighted by Gasteiger charge is 2.24. The molecule has 31 heavy (non-hydrogen) atoms. The van der Waals surface area contributed by atoms with Crippen LogP contribution in [0.2, 0.25) is 0 Å². The maximum absolute atomic E-state index is 8.92. The number of nitrogens with one attached hydrogen (secondary N) is 2. The van der Waals surface area contributed by atoms with E-state index in [-0.39, 0.29) is 24.0 Å². The van der Waals surface area contributed by atoms with E-state index in [9.17, 15) is 0 Å². The van der Waals surface area contributed by atoms with E-state index in [4.69, 9.17) is 19.7 Å². The first-order valence-electron chi connectivity index (χ1n) is 10.2. The van der Waals surface area contributed by atoms with Crippen molar-refractivity contribution >= 4 is 35.6 Å². The number of hydrogen-bond donors (Lipinski definition) is 2. The van der Waals surface area contributed by atoms with Gasteiger partial charge in [-0.05, 0) is 31.0 Å². The molecule has 1 heterocycles. The standard InChI is InChI=1S/C23H29N5O2.HI/c1-4-25-23(26-15-18-7-5-17(14-24)6-8-18)27-19-9-10-28(16-19)20-11-21(29-2)13-22(12-20)30-3;/h5-8,11-13,19H,4,9-10,15-16H2,1-3H3,(H2,25,26,27);1H. The van der Waals surface area contributed by atoms with Gasteiger partial charge in [-0.15, -0.1) is 24.0 Å². The molecule has 1 fully saturated rings. The van der Waals surface area contributed by atoms with Crippen LogP contribution in [-0.4, -0.2) is 45.9 Å². The van der Waals surface area contributed by atoms with Crippen LogP contribution in [0.15, 0.2) is 47.5 Å². The van der Waals surface area contributed by atoms with E-state index in [0.717, 1.165) is 54.8 Å². The Balaban J connectivity index is 0.00000341. The van der Waals surface area contributed by atoms with Crippen LogP contribution in [0, 0.1) is 11.3 Å². The van der Waals surface area contributed by atoms with Gasteiger partial charge in [0.05, 0.1) is 32.4 Å². The van der Waals surface area contributed by atoms with Crippen molar-refractivity contribution in [3.63, 3.8) is 0 Å². The molecule has 0 spiro atoms. The average molecular weight is 535 g/mol. The van der Waals surface area contributed by atoms with Gasteiger partial charge >= 0.3 is 0 Å². The second kappa shape index (κ2) is 12.2. The lowest BCUT2D eigenvalue weighted by Gasteiger charge is -2.21. The van der Waals surface area contributed by atoms with E-state index < -0.39 is 0 Å². The van der Waals surface area contributed by atoms with Crippen LogP contribution < -0.4 is 25.0 Å². The molecule has 2 N–H and O–H groups in total. The summed E-state index contributed by atoms with van der Waals surface area (Å²) in [5.74, 6) is 2.38. The summed E-state index contributed by atoms with van der Waals surface area (Å²) in [7, 11) is 3.33. The first kappa shape index (κ1) is 24.6. The maximum atomic E-state index is 8.92. The Morgan fingerprint density at radius 1 is 1.16 bits per heavy atom. The van der Waals surface area contributed by atoms with E-state index in [1.54, 1.807) is 14.2 Å². The Morgan fingerprint density at radius 2 is 1.84 bits per heavy atom. The topological polar surface area (TPSA) is 81.9 Å². The monoisotopic (exact) mass is 535 g/mol. The van der Waals surface area contributed by atoms with Gasteiger partial charge in [0.25, 0.3) is 0 Å². The fourth-order valence-corrected chi connectivity index (χ4v) is 3.46. The molecule has 0 aromatic heterocycles. The Kier molecular flexibility index (Phi) is 9.72. The van der Waals surface area contributed by atoms with Crippen molar-refractivity contribution in [1.29, 1.82) is 5.26 Å². The van der Waals surface area contributed by atoms with Crippen LogP contribution in [-0.2, 0) is 6.54 Å². The molecule has 1 unspecified atom stereocenters. The van der Waals surface area contributed by atoms with Crippen LogP contribution in [0.25, 0.3) is 0 Å². The van der Waals surface area contributed by atoms with Crippen LogP contribution >= 0.6 is 24.0 Å². The van der Waals surface area contributed by atoms with Crippen molar-refractivity contribution in [1.82, 2.24) is 10.6 Å². The number of aliphatic imine (C=N–C) groups is 1. The molecular formula is C23H30IN5O2. The lowest BCUT2D eigenvalue weighted by molar-refractivity contribution is 0.394. The van der Waals surface area contributed by atoms with Crippen LogP contribution in [0.1, 0.15) is 24.5 Å². The van der Waals surface area contributed by atoms with Crippen molar-refractivity contribution in [3.8, 4) is 17.6 Å². The van der Waals surface area contributed by atoms with Crippen LogP contribution in [0.5, 0.6) is 11.5 Å². The summed E-state index contributed by atoms with van der Waals surface area (Å²) in [6, 6.07) is 15.9. The molecule has 0 radical (unpaired) electrons. The van der Waals surface area contributed by atoms with Crippen molar-refractivity contribution in [2.45, 2.75) is 25.9 Å². The van der Waals surface area contributed by atoms with E-state index in [0.29, 0.717) is 18.2 Å². The molecule has 0 saturated carbocycles. The maximum Gasteiger partial charge on any atom is 0.191 e. The van der Waals surface area contributed by atoms with Gasteiger partial charge in [0.1, 0.15) is 11.5 Å². The fraction of sp³-hybridized carbons (Fsp3) is 0.391. The molecule has 3 rings (SSSR count). The van der Waals surface area contributed by atoms with E-state index in [1.165, 1.54) is 0 Å². The number of methoxy groups -OCH3 is 2. The second-order valence-electron chi connectivity index (χ2n) is 7.15. The van der Waals surface area contributed by atoms with Gasteiger partial charge < -0.3 is 25.0 Å². The highest BCUT2D eigenvalue weighted by atomic mass is 127. The second-order valence-corrected chi connectivity index (χ2v) is 7.15. The first-order chi connectivity index (χ1) is 14.6. The number of benzene rings is 2. The van der Waals surface area contributed by atoms with E-state index in [2.05, 4.69) is 28.5 Å². The summed E-state index contributed by atoms with van der Waals surface area (Å²) in [6.07, 6.45) is 1.01. The molecule has 8 heteroatoms. The molecule has 0 amide bonds. The Bertz CT molecular complexity index is 889. The normalized spacial score (nSPS) is 15.6. The molecule has 2 aromatic rings. The molecule has 0 bridgehead atoms. The summed E-state index contributed by atoms with van der Waals surface area (Å²) in [5.41, 5.74) is 2.82. The lowest BCUT2D eigenvalue weighted by Crippen LogP contribution is -2.44. The number of nitrogens with zero attached hydrogens (tertiary/aromatic N) is 3. The van der Waals surface area contributed by atoms with Gasteiger partial charge in [-0.3, -0.25) is 0 Å². The molecule has 7 nitrogen and oxygen atoms in total. The van der Waals surface area contributed by atoms with Gasteiger partial charge in [0.2, 0.25) is 0 Å². The number of hydrogen-bond acceptors (Lipinski definition) is 5. The molecular weight excluding hydrogens is 505 g/mol. The zero-order valence-corrected chi connectivity index (χ0v) is 20.6. The lowest BCUT2D eigenvalue weighted by atomic mass is 10.1. The summed E-state index contributed by atoms with van der Waals surface area (Å²) in [4.78, 5) is 7.03. The zero-order valence-electron chi connectivity index (χ0n) is 18.2. The third-order valence-electron chi connectivity index (χ3n) is 5.08. The molecule has 2 aromatic carbocycles. The molecule has 1 atom stereocenters. The molecule has 1 saturated heterocycles. The fourth-order valence-electron chi connectivity index (χ4n) is 3.46. The van der Waals surface area contributed by atoms with Crippen LogP contribution in [0.4, 0.5) is 5.69 Å². The average Bonchev–Trinajstić information content (AvgIpc) is 3.26. The van der Waals surface area contributed by atoms with Crippen molar-refractivity contribution in [2.75, 3.05) is 38.8 Å². The Labute approximate surface area is 201 Å². The predicted octanol–water partition coefficient (Wildman–Crippen LogP) is 3.53. The minimum Gasteiger partial charge on any atom is -0.497 e. The first-order valence-corrected chi connectivity index (χ1v) is 10.2. The van der Waals surface area contributed by atoms with E-state index in [1.807, 2.05) is 42.5 Å². The zero-order chi connectivity index (χ0) is 21.3. The SMILES string of the molecule is CCNC(=NCc1ccc(C#N)cc1)NC1CCN(c2cc(OC)cc(OC)c2)C1.I. The van der Waals surface area contributed by atoms with Crippen molar-refractivity contribution < 1.29 is 9.47 Å². The summed E-state index contributed by atoms with van der Waals surface area (Å²) < 4.78 is 10.8. The minimum atomic E-state index is 0. The molecule has 1 aliphatic rings. The highest BCUT2D eigenvalue weighted by molar-refractivity contribution is 14.0. The molecule has 0 aliphatic carbocycles. The molecule has 1 aliphatic heterocycles. The number of anilines is 1. The number of halogens is 1. The smallest absolute Gasteiger partial charge is 0.191 e. The minimum absolute atomic E-state index is 0. The number of guanidine groups is 1. The number of rotatable bonds is 7. The van der Waals surface area contributed by atoms with Crippen LogP contribution in [0.3, 0.4) is 0 Å². The van der Waals surface area contributed by atoms with Crippen molar-refractivity contribution in [2.24, 2.45) is 4.99 Å². The quantitative estimate of drug-likeness (QED) is 0.321. The third kappa shape index (κ3) is 6.92. The Morgan fingerprint density at radius 3 is 2.42 bits per heavy atom. The summed E-state index contributed by atoms with van der Waals surface area (Å²) in [5, 5.41) is 15.8. The Hall–Kier alpha value is -2.67. The number of nitriles is 1. The van der Waals surface area contributed by atoms with Gasteiger partial charge in [0.15, 0.2) is 5.96 Å². The third-order valence-corrected chi connectivity index (χ3v) is 5.08.